The number of ether oxygens (including phenoxy) is 1. The first kappa shape index (κ1) is 13.0. The Bertz CT molecular complexity index is 600. The summed E-state index contributed by atoms with van der Waals surface area (Å²) in [5, 5.41) is 4.19. The molecule has 3 N–H and O–H groups in total. The summed E-state index contributed by atoms with van der Waals surface area (Å²) in [6.07, 6.45) is 4.22. The smallest absolute Gasteiger partial charge is 0.189 e. The topological polar surface area (TPSA) is 72.8 Å². The molecule has 5 heteroatoms. The van der Waals surface area contributed by atoms with Crippen LogP contribution in [0.4, 0.5) is 0 Å². The molecule has 1 aromatic heterocycles. The van der Waals surface area contributed by atoms with Crippen LogP contribution in [0, 0.1) is 0 Å². The molecule has 0 radical (unpaired) electrons. The van der Waals surface area contributed by atoms with E-state index >= 15 is 0 Å². The predicted molar refractivity (Wildman–Crippen MR) is 78.5 cm³/mol. The van der Waals surface area contributed by atoms with Gasteiger partial charge in [-0.15, -0.1) is 0 Å². The quantitative estimate of drug-likeness (QED) is 0.660. The molecule has 1 fully saturated rings. The lowest BCUT2D eigenvalue weighted by Crippen LogP contribution is -2.37. The summed E-state index contributed by atoms with van der Waals surface area (Å²) in [5.41, 5.74) is 7.79. The van der Waals surface area contributed by atoms with Crippen LogP contribution < -0.4 is 11.1 Å². The highest BCUT2D eigenvalue weighted by Gasteiger charge is 2.14. The molecule has 2 heterocycles. The van der Waals surface area contributed by atoms with Crippen molar-refractivity contribution in [1.29, 1.82) is 0 Å². The molecule has 1 atom stereocenters. The standard InChI is InChI=1S/C15H19N3O2/c16-15(18-9-12-4-3-7-19-12)17-8-11-10-20-14-6-2-1-5-13(11)14/h1-2,5-6,10,12H,3-4,7-9H2,(H3,16,17,18). The van der Waals surface area contributed by atoms with Gasteiger partial charge in [-0.25, -0.2) is 4.99 Å². The van der Waals surface area contributed by atoms with Crippen LogP contribution in [0.25, 0.3) is 11.0 Å². The third-order valence-electron chi connectivity index (χ3n) is 3.52. The van der Waals surface area contributed by atoms with Crippen molar-refractivity contribution in [3.8, 4) is 0 Å². The Kier molecular flexibility index (Phi) is 3.87. The van der Waals surface area contributed by atoms with Gasteiger partial charge in [0.1, 0.15) is 5.58 Å². The summed E-state index contributed by atoms with van der Waals surface area (Å²) in [5.74, 6) is 0.450. The van der Waals surface area contributed by atoms with Crippen LogP contribution >= 0.6 is 0 Å². The lowest BCUT2D eigenvalue weighted by molar-refractivity contribution is 0.114. The zero-order valence-electron chi connectivity index (χ0n) is 11.3. The van der Waals surface area contributed by atoms with E-state index in [0.717, 1.165) is 42.5 Å². The van der Waals surface area contributed by atoms with Gasteiger partial charge in [0.05, 0.1) is 18.9 Å². The number of guanidine groups is 1. The summed E-state index contributed by atoms with van der Waals surface area (Å²) in [4.78, 5) is 4.35. The van der Waals surface area contributed by atoms with Crippen LogP contribution in [0.5, 0.6) is 0 Å². The second-order valence-corrected chi connectivity index (χ2v) is 4.97. The van der Waals surface area contributed by atoms with E-state index in [1.807, 2.05) is 24.3 Å². The lowest BCUT2D eigenvalue weighted by Gasteiger charge is -2.10. The zero-order chi connectivity index (χ0) is 13.8. The molecule has 1 aromatic carbocycles. The monoisotopic (exact) mass is 273 g/mol. The van der Waals surface area contributed by atoms with Crippen molar-refractivity contribution in [2.24, 2.45) is 10.7 Å². The number of nitrogens with two attached hydrogens (primary N) is 1. The van der Waals surface area contributed by atoms with E-state index in [-0.39, 0.29) is 6.10 Å². The summed E-state index contributed by atoms with van der Waals surface area (Å²) in [6.45, 7) is 2.09. The number of hydrogen-bond donors (Lipinski definition) is 2. The fourth-order valence-corrected chi connectivity index (χ4v) is 2.41. The number of furan rings is 1. The van der Waals surface area contributed by atoms with Crippen molar-refractivity contribution >= 4 is 16.9 Å². The first-order chi connectivity index (χ1) is 9.83. The minimum atomic E-state index is 0.263. The highest BCUT2D eigenvalue weighted by molar-refractivity contribution is 5.82. The molecular formula is C15H19N3O2. The number of benzene rings is 1. The highest BCUT2D eigenvalue weighted by Crippen LogP contribution is 2.21. The summed E-state index contributed by atoms with van der Waals surface area (Å²) in [6, 6.07) is 7.92. The Morgan fingerprint density at radius 1 is 1.40 bits per heavy atom. The maximum atomic E-state index is 5.87. The van der Waals surface area contributed by atoms with Crippen LogP contribution in [-0.2, 0) is 11.3 Å². The third kappa shape index (κ3) is 2.93. The average Bonchev–Trinajstić information content (AvgIpc) is 3.12. The average molecular weight is 273 g/mol. The molecule has 5 nitrogen and oxygen atoms in total. The molecule has 2 aromatic rings. The number of rotatable bonds is 4. The molecule has 106 valence electrons. The van der Waals surface area contributed by atoms with Crippen LogP contribution in [0.1, 0.15) is 18.4 Å². The Balaban J connectivity index is 1.58. The highest BCUT2D eigenvalue weighted by atomic mass is 16.5. The van der Waals surface area contributed by atoms with Crippen LogP contribution in [0.2, 0.25) is 0 Å². The normalized spacial score (nSPS) is 19.6. The van der Waals surface area contributed by atoms with Gasteiger partial charge in [-0.3, -0.25) is 0 Å². The second-order valence-electron chi connectivity index (χ2n) is 4.97. The molecule has 0 saturated carbocycles. The number of aliphatic imine (C=N–C) groups is 1. The Morgan fingerprint density at radius 3 is 3.15 bits per heavy atom. The van der Waals surface area contributed by atoms with Crippen molar-refractivity contribution in [1.82, 2.24) is 5.32 Å². The molecule has 0 bridgehead atoms. The second kappa shape index (κ2) is 5.96. The van der Waals surface area contributed by atoms with E-state index in [4.69, 9.17) is 14.9 Å². The van der Waals surface area contributed by atoms with Crippen molar-refractivity contribution in [2.45, 2.75) is 25.5 Å². The number of para-hydroxylation sites is 1. The number of hydrogen-bond acceptors (Lipinski definition) is 3. The van der Waals surface area contributed by atoms with E-state index in [0.29, 0.717) is 12.5 Å². The fourth-order valence-electron chi connectivity index (χ4n) is 2.41. The van der Waals surface area contributed by atoms with E-state index in [1.165, 1.54) is 0 Å². The maximum Gasteiger partial charge on any atom is 0.189 e. The third-order valence-corrected chi connectivity index (χ3v) is 3.52. The van der Waals surface area contributed by atoms with E-state index in [1.54, 1.807) is 6.26 Å². The van der Waals surface area contributed by atoms with Crippen molar-refractivity contribution in [3.63, 3.8) is 0 Å². The van der Waals surface area contributed by atoms with E-state index in [2.05, 4.69) is 10.3 Å². The molecule has 20 heavy (non-hydrogen) atoms. The predicted octanol–water partition coefficient (Wildman–Crippen LogP) is 2.02. The van der Waals surface area contributed by atoms with Crippen LogP contribution in [0.3, 0.4) is 0 Å². The first-order valence-corrected chi connectivity index (χ1v) is 6.93. The molecule has 3 rings (SSSR count). The van der Waals surface area contributed by atoms with Gasteiger partial charge >= 0.3 is 0 Å². The number of fused-ring (bicyclic) bond motifs is 1. The summed E-state index contributed by atoms with van der Waals surface area (Å²) < 4.78 is 11.0. The molecule has 1 saturated heterocycles. The molecule has 1 aliphatic heterocycles. The lowest BCUT2D eigenvalue weighted by atomic mass is 10.2. The zero-order valence-corrected chi connectivity index (χ0v) is 11.3. The minimum Gasteiger partial charge on any atom is -0.464 e. The summed E-state index contributed by atoms with van der Waals surface area (Å²) in [7, 11) is 0. The van der Waals surface area contributed by atoms with Gasteiger partial charge in [0, 0.05) is 24.1 Å². The SMILES string of the molecule is NC(=NCc1coc2ccccc12)NCC1CCCO1. The fraction of sp³-hybridized carbons (Fsp3) is 0.400. The largest absolute Gasteiger partial charge is 0.464 e. The molecule has 1 aliphatic rings. The number of nitrogens with one attached hydrogen (secondary N) is 1. The van der Waals surface area contributed by atoms with Crippen molar-refractivity contribution in [2.75, 3.05) is 13.2 Å². The molecule has 0 aliphatic carbocycles. The van der Waals surface area contributed by atoms with Gasteiger partial charge in [-0.05, 0) is 18.9 Å². The van der Waals surface area contributed by atoms with Gasteiger partial charge in [0.25, 0.3) is 0 Å². The Morgan fingerprint density at radius 2 is 2.30 bits per heavy atom. The van der Waals surface area contributed by atoms with Crippen LogP contribution in [0.15, 0.2) is 39.9 Å². The number of nitrogens with zero attached hydrogens (tertiary/aromatic N) is 1. The molecule has 0 spiro atoms. The van der Waals surface area contributed by atoms with Gasteiger partial charge in [0.2, 0.25) is 0 Å². The maximum absolute atomic E-state index is 5.87. The Labute approximate surface area is 117 Å². The van der Waals surface area contributed by atoms with Crippen molar-refractivity contribution in [3.05, 3.63) is 36.1 Å². The van der Waals surface area contributed by atoms with Gasteiger partial charge < -0.3 is 20.2 Å². The molecular weight excluding hydrogens is 254 g/mol. The van der Waals surface area contributed by atoms with Gasteiger partial charge in [0.15, 0.2) is 5.96 Å². The van der Waals surface area contributed by atoms with Crippen LogP contribution in [-0.4, -0.2) is 25.2 Å². The minimum absolute atomic E-state index is 0.263. The Hall–Kier alpha value is -2.01. The van der Waals surface area contributed by atoms with E-state index < -0.39 is 0 Å². The summed E-state index contributed by atoms with van der Waals surface area (Å²) >= 11 is 0. The molecule has 1 unspecified atom stereocenters. The van der Waals surface area contributed by atoms with Gasteiger partial charge in [-0.1, -0.05) is 18.2 Å². The van der Waals surface area contributed by atoms with E-state index in [9.17, 15) is 0 Å². The van der Waals surface area contributed by atoms with Crippen molar-refractivity contribution < 1.29 is 9.15 Å². The first-order valence-electron chi connectivity index (χ1n) is 6.93. The molecule has 0 amide bonds. The van der Waals surface area contributed by atoms with Gasteiger partial charge in [-0.2, -0.15) is 0 Å².